The molecule has 1 fully saturated rings. The molecular weight excluding hydrogens is 252 g/mol. The molecule has 1 saturated carbocycles. The minimum Gasteiger partial charge on any atom is -0.222 e. The van der Waals surface area contributed by atoms with Gasteiger partial charge in [-0.3, -0.25) is 0 Å². The minimum absolute atomic E-state index is 0.226. The number of aryl methyl sites for hydroxylation is 1. The van der Waals surface area contributed by atoms with Crippen molar-refractivity contribution in [1.29, 1.82) is 0 Å². The Balaban J connectivity index is 2.48. The van der Waals surface area contributed by atoms with Crippen molar-refractivity contribution in [3.8, 4) is 0 Å². The van der Waals surface area contributed by atoms with Crippen LogP contribution in [0.3, 0.4) is 0 Å². The Labute approximate surface area is 108 Å². The normalized spacial score (nSPS) is 32.5. The first kappa shape index (κ1) is 13.0. The van der Waals surface area contributed by atoms with Crippen LogP contribution >= 0.6 is 11.8 Å². The highest BCUT2D eigenvalue weighted by atomic mass is 32.3. The molecular formula is C13H18O2S2. The van der Waals surface area contributed by atoms with Gasteiger partial charge in [-0.2, -0.15) is 0 Å². The topological polar surface area (TPSA) is 34.1 Å². The maximum absolute atomic E-state index is 12.7. The molecule has 0 amide bonds. The summed E-state index contributed by atoms with van der Waals surface area (Å²) in [7, 11) is -3.23. The monoisotopic (exact) mass is 270 g/mol. The van der Waals surface area contributed by atoms with Gasteiger partial charge < -0.3 is 0 Å². The zero-order valence-corrected chi connectivity index (χ0v) is 12.2. The maximum Gasteiger partial charge on any atom is 0.193 e. The van der Waals surface area contributed by atoms with Crippen LogP contribution in [0.5, 0.6) is 0 Å². The molecule has 0 aliphatic heterocycles. The number of sulfone groups is 1. The Hall–Kier alpha value is -0.480. The molecule has 2 rings (SSSR count). The Morgan fingerprint density at radius 2 is 1.59 bits per heavy atom. The number of rotatable bonds is 3. The van der Waals surface area contributed by atoms with Crippen LogP contribution in [0.2, 0.25) is 0 Å². The largest absolute Gasteiger partial charge is 0.222 e. The van der Waals surface area contributed by atoms with Crippen LogP contribution in [-0.2, 0) is 9.84 Å². The molecule has 1 aliphatic rings. The number of thioether (sulfide) groups is 1. The summed E-state index contributed by atoms with van der Waals surface area (Å²) in [6.45, 7) is 6.00. The average Bonchev–Trinajstić information content (AvgIpc) is 2.83. The third-order valence-electron chi connectivity index (χ3n) is 3.98. The van der Waals surface area contributed by atoms with Gasteiger partial charge in [-0.05, 0) is 37.1 Å². The fraction of sp³-hybridized carbons (Fsp3) is 0.538. The lowest BCUT2D eigenvalue weighted by atomic mass is 10.2. The molecule has 0 saturated heterocycles. The molecule has 17 heavy (non-hydrogen) atoms. The van der Waals surface area contributed by atoms with Crippen LogP contribution in [0.15, 0.2) is 29.2 Å². The molecule has 1 unspecified atom stereocenters. The van der Waals surface area contributed by atoms with Crippen LogP contribution in [0.1, 0.15) is 19.4 Å². The van der Waals surface area contributed by atoms with Crippen molar-refractivity contribution in [1.82, 2.24) is 0 Å². The quantitative estimate of drug-likeness (QED) is 0.846. The Morgan fingerprint density at radius 1 is 1.12 bits per heavy atom. The molecule has 0 aromatic heterocycles. The predicted octanol–water partition coefficient (Wildman–Crippen LogP) is 3.11. The van der Waals surface area contributed by atoms with Gasteiger partial charge in [0, 0.05) is 0 Å². The van der Waals surface area contributed by atoms with E-state index in [-0.39, 0.29) is 11.8 Å². The predicted molar refractivity (Wildman–Crippen MR) is 72.9 cm³/mol. The second kappa shape index (κ2) is 4.02. The van der Waals surface area contributed by atoms with Crippen LogP contribution in [0, 0.1) is 18.8 Å². The van der Waals surface area contributed by atoms with E-state index in [0.29, 0.717) is 4.90 Å². The third kappa shape index (κ3) is 1.65. The summed E-state index contributed by atoms with van der Waals surface area (Å²) in [5.74, 6) is 0.451. The number of hydrogen-bond donors (Lipinski definition) is 0. The molecule has 3 atom stereocenters. The first-order chi connectivity index (χ1) is 7.88. The highest BCUT2D eigenvalue weighted by Crippen LogP contribution is 2.63. The lowest BCUT2D eigenvalue weighted by Gasteiger charge is -2.16. The first-order valence-electron chi connectivity index (χ1n) is 5.74. The van der Waals surface area contributed by atoms with Gasteiger partial charge in [-0.1, -0.05) is 31.5 Å². The van der Waals surface area contributed by atoms with E-state index >= 15 is 0 Å². The zero-order chi connectivity index (χ0) is 12.8. The van der Waals surface area contributed by atoms with Gasteiger partial charge in [0.1, 0.15) is 4.08 Å². The SMILES string of the molecule is CSC1(S(=O)(=O)c2ccc(C)cc2)[C@H](C)[C@@H]1C. The summed E-state index contributed by atoms with van der Waals surface area (Å²) in [5.41, 5.74) is 1.08. The zero-order valence-electron chi connectivity index (χ0n) is 10.6. The highest BCUT2D eigenvalue weighted by Gasteiger charge is 2.67. The van der Waals surface area contributed by atoms with Crippen LogP contribution in [0.4, 0.5) is 0 Å². The molecule has 1 aromatic rings. The van der Waals surface area contributed by atoms with Crippen LogP contribution in [-0.4, -0.2) is 18.8 Å². The standard InChI is InChI=1S/C13H18O2S2/c1-9-5-7-12(8-6-9)17(14,15)13(16-4)10(2)11(13)3/h5-8,10-11H,1-4H3/t10-,11+,13?. The molecule has 0 spiro atoms. The van der Waals surface area contributed by atoms with Gasteiger partial charge >= 0.3 is 0 Å². The molecule has 0 radical (unpaired) electrons. The molecule has 4 heteroatoms. The summed E-state index contributed by atoms with van der Waals surface area (Å²) < 4.78 is 24.7. The lowest BCUT2D eigenvalue weighted by Crippen LogP contribution is -2.23. The van der Waals surface area contributed by atoms with Gasteiger partial charge in [-0.15, -0.1) is 11.8 Å². The van der Waals surface area contributed by atoms with E-state index in [1.165, 1.54) is 11.8 Å². The maximum atomic E-state index is 12.7. The highest BCUT2D eigenvalue weighted by molar-refractivity contribution is 8.14. The van der Waals surface area contributed by atoms with E-state index in [9.17, 15) is 8.42 Å². The smallest absolute Gasteiger partial charge is 0.193 e. The minimum atomic E-state index is -3.23. The van der Waals surface area contributed by atoms with Crippen molar-refractivity contribution in [2.75, 3.05) is 6.26 Å². The Morgan fingerprint density at radius 3 is 1.94 bits per heavy atom. The average molecular weight is 270 g/mol. The molecule has 1 aliphatic carbocycles. The molecule has 1 aromatic carbocycles. The van der Waals surface area contributed by atoms with Gasteiger partial charge in [0.25, 0.3) is 0 Å². The molecule has 94 valence electrons. The Bertz CT molecular complexity index is 509. The fourth-order valence-corrected chi connectivity index (χ4v) is 7.00. The molecule has 0 N–H and O–H groups in total. The number of hydrogen-bond acceptors (Lipinski definition) is 3. The van der Waals surface area contributed by atoms with Crippen LogP contribution in [0.25, 0.3) is 0 Å². The van der Waals surface area contributed by atoms with E-state index in [1.807, 2.05) is 39.2 Å². The van der Waals surface area contributed by atoms with Crippen molar-refractivity contribution in [3.05, 3.63) is 29.8 Å². The number of benzene rings is 1. The van der Waals surface area contributed by atoms with E-state index in [1.54, 1.807) is 12.1 Å². The Kier molecular flexibility index (Phi) is 3.07. The van der Waals surface area contributed by atoms with E-state index in [2.05, 4.69) is 0 Å². The first-order valence-corrected chi connectivity index (χ1v) is 8.45. The lowest BCUT2D eigenvalue weighted by molar-refractivity contribution is 0.588. The van der Waals surface area contributed by atoms with Crippen molar-refractivity contribution in [2.24, 2.45) is 11.8 Å². The van der Waals surface area contributed by atoms with E-state index in [0.717, 1.165) is 5.56 Å². The summed E-state index contributed by atoms with van der Waals surface area (Å²) in [6.07, 6.45) is 1.89. The van der Waals surface area contributed by atoms with Crippen molar-refractivity contribution < 1.29 is 8.42 Å². The second-order valence-electron chi connectivity index (χ2n) is 4.82. The van der Waals surface area contributed by atoms with Crippen molar-refractivity contribution in [3.63, 3.8) is 0 Å². The fourth-order valence-electron chi connectivity index (χ4n) is 2.57. The summed E-state index contributed by atoms with van der Waals surface area (Å²) in [5, 5.41) is 0. The van der Waals surface area contributed by atoms with Crippen molar-refractivity contribution >= 4 is 21.6 Å². The van der Waals surface area contributed by atoms with Crippen molar-refractivity contribution in [2.45, 2.75) is 29.7 Å². The van der Waals surface area contributed by atoms with Crippen LogP contribution < -0.4 is 0 Å². The van der Waals surface area contributed by atoms with Gasteiger partial charge in [0.2, 0.25) is 0 Å². The van der Waals surface area contributed by atoms with Gasteiger partial charge in [0.15, 0.2) is 9.84 Å². The van der Waals surface area contributed by atoms with E-state index in [4.69, 9.17) is 0 Å². The summed E-state index contributed by atoms with van der Waals surface area (Å²) in [6, 6.07) is 7.16. The molecule has 0 heterocycles. The van der Waals surface area contributed by atoms with Gasteiger partial charge in [-0.25, -0.2) is 8.42 Å². The molecule has 0 bridgehead atoms. The summed E-state index contributed by atoms with van der Waals surface area (Å²) >= 11 is 1.47. The van der Waals surface area contributed by atoms with E-state index < -0.39 is 13.9 Å². The summed E-state index contributed by atoms with van der Waals surface area (Å²) in [4.78, 5) is 0.452. The third-order valence-corrected chi connectivity index (χ3v) is 9.00. The molecule has 2 nitrogen and oxygen atoms in total. The van der Waals surface area contributed by atoms with Gasteiger partial charge in [0.05, 0.1) is 4.90 Å². The second-order valence-corrected chi connectivity index (χ2v) is 8.32.